The zero-order valence-corrected chi connectivity index (χ0v) is 10.3. The number of carbonyl (C=O) groups excluding carboxylic acids is 1. The summed E-state index contributed by atoms with van der Waals surface area (Å²) < 4.78 is 5.38. The van der Waals surface area contributed by atoms with Gasteiger partial charge in [-0.25, -0.2) is 0 Å². The molecule has 0 aromatic heterocycles. The van der Waals surface area contributed by atoms with Gasteiger partial charge in [-0.15, -0.1) is 0 Å². The first-order valence-corrected chi connectivity index (χ1v) is 5.89. The van der Waals surface area contributed by atoms with Crippen molar-refractivity contribution in [3.63, 3.8) is 0 Å². The Labute approximate surface area is 102 Å². The number of amides is 1. The molecule has 4 heteroatoms. The molecule has 0 saturated heterocycles. The van der Waals surface area contributed by atoms with Crippen LogP contribution in [0.2, 0.25) is 0 Å². The van der Waals surface area contributed by atoms with Crippen LogP contribution in [0.4, 0.5) is 5.69 Å². The van der Waals surface area contributed by atoms with Gasteiger partial charge in [-0.2, -0.15) is 0 Å². The van der Waals surface area contributed by atoms with E-state index >= 15 is 0 Å². The van der Waals surface area contributed by atoms with Crippen LogP contribution in [0, 0.1) is 0 Å². The van der Waals surface area contributed by atoms with Gasteiger partial charge in [0.05, 0.1) is 5.69 Å². The summed E-state index contributed by atoms with van der Waals surface area (Å²) in [5.41, 5.74) is 2.12. The molecule has 17 heavy (non-hydrogen) atoms. The number of anilines is 1. The normalized spacial score (nSPS) is 14.5. The first-order chi connectivity index (χ1) is 8.22. The van der Waals surface area contributed by atoms with Crippen LogP contribution < -0.4 is 15.0 Å². The van der Waals surface area contributed by atoms with Crippen LogP contribution in [-0.4, -0.2) is 33.2 Å². The van der Waals surface area contributed by atoms with E-state index in [-0.39, 0.29) is 12.5 Å². The highest BCUT2D eigenvalue weighted by Gasteiger charge is 2.21. The maximum absolute atomic E-state index is 11.5. The summed E-state index contributed by atoms with van der Waals surface area (Å²) in [7, 11) is 3.74. The van der Waals surface area contributed by atoms with Crippen LogP contribution in [0.5, 0.6) is 5.75 Å². The summed E-state index contributed by atoms with van der Waals surface area (Å²) in [5.74, 6) is 0.800. The summed E-state index contributed by atoms with van der Waals surface area (Å²) in [6.07, 6.45) is 2.10. The molecule has 0 atom stereocenters. The van der Waals surface area contributed by atoms with Crippen LogP contribution >= 0.6 is 0 Å². The molecule has 2 rings (SSSR count). The van der Waals surface area contributed by atoms with Gasteiger partial charge in [-0.05, 0) is 44.1 Å². The summed E-state index contributed by atoms with van der Waals surface area (Å²) in [6, 6.07) is 6.06. The van der Waals surface area contributed by atoms with Crippen molar-refractivity contribution >= 4 is 11.6 Å². The Bertz CT molecular complexity index is 418. The lowest BCUT2D eigenvalue weighted by molar-refractivity contribution is -0.120. The lowest BCUT2D eigenvalue weighted by Gasteiger charge is -2.26. The largest absolute Gasteiger partial charge is 0.482 e. The molecule has 0 radical (unpaired) electrons. The number of hydrogen-bond donors (Lipinski definition) is 1. The average molecular weight is 234 g/mol. The summed E-state index contributed by atoms with van der Waals surface area (Å²) in [5, 5.41) is 3.13. The second-order valence-corrected chi connectivity index (χ2v) is 4.25. The monoisotopic (exact) mass is 234 g/mol. The number of aryl methyl sites for hydroxylation is 1. The summed E-state index contributed by atoms with van der Waals surface area (Å²) in [4.78, 5) is 13.2. The maximum atomic E-state index is 11.5. The molecule has 1 aromatic carbocycles. The summed E-state index contributed by atoms with van der Waals surface area (Å²) >= 11 is 0. The number of nitrogens with one attached hydrogen (secondary N) is 1. The molecule has 0 fully saturated rings. The zero-order valence-electron chi connectivity index (χ0n) is 10.3. The van der Waals surface area contributed by atoms with E-state index in [4.69, 9.17) is 4.74 Å². The molecule has 92 valence electrons. The van der Waals surface area contributed by atoms with Gasteiger partial charge in [0, 0.05) is 7.05 Å². The molecule has 4 nitrogen and oxygen atoms in total. The second-order valence-electron chi connectivity index (χ2n) is 4.25. The van der Waals surface area contributed by atoms with E-state index in [1.807, 2.05) is 19.2 Å². The van der Waals surface area contributed by atoms with E-state index in [0.29, 0.717) is 0 Å². The highest BCUT2D eigenvalue weighted by atomic mass is 16.5. The molecule has 1 aliphatic heterocycles. The third-order valence-electron chi connectivity index (χ3n) is 3.00. The molecule has 1 aliphatic rings. The number of hydrogen-bond acceptors (Lipinski definition) is 3. The molecule has 1 heterocycles. The Hall–Kier alpha value is -1.55. The lowest BCUT2D eigenvalue weighted by atomic mass is 10.1. The molecule has 0 saturated carbocycles. The van der Waals surface area contributed by atoms with E-state index in [0.717, 1.165) is 30.8 Å². The predicted molar refractivity (Wildman–Crippen MR) is 67.6 cm³/mol. The standard InChI is InChI=1S/C13H18N2O2/c1-14-7-3-4-10-5-6-12-11(8-10)15(2)13(16)9-17-12/h5-6,8,14H,3-4,7,9H2,1-2H3. The Morgan fingerprint density at radius 2 is 2.29 bits per heavy atom. The molecule has 0 unspecified atom stereocenters. The van der Waals surface area contributed by atoms with E-state index in [1.165, 1.54) is 5.56 Å². The second kappa shape index (κ2) is 5.19. The zero-order chi connectivity index (χ0) is 12.3. The number of benzene rings is 1. The SMILES string of the molecule is CNCCCc1ccc2c(c1)N(C)C(=O)CO2. The third-order valence-corrected chi connectivity index (χ3v) is 3.00. The van der Waals surface area contributed by atoms with Gasteiger partial charge in [-0.3, -0.25) is 4.79 Å². The van der Waals surface area contributed by atoms with Crippen molar-refractivity contribution in [3.05, 3.63) is 23.8 Å². The Balaban J connectivity index is 2.14. The van der Waals surface area contributed by atoms with Gasteiger partial charge < -0.3 is 15.0 Å². The van der Waals surface area contributed by atoms with Crippen LogP contribution in [0.3, 0.4) is 0 Å². The fourth-order valence-electron chi connectivity index (χ4n) is 1.94. The first-order valence-electron chi connectivity index (χ1n) is 5.89. The van der Waals surface area contributed by atoms with Crippen molar-refractivity contribution in [2.45, 2.75) is 12.8 Å². The average Bonchev–Trinajstić information content (AvgIpc) is 2.35. The molecule has 0 spiro atoms. The maximum Gasteiger partial charge on any atom is 0.264 e. The van der Waals surface area contributed by atoms with Crippen molar-refractivity contribution in [3.8, 4) is 5.75 Å². The molecule has 0 bridgehead atoms. The fourth-order valence-corrected chi connectivity index (χ4v) is 1.94. The smallest absolute Gasteiger partial charge is 0.264 e. The quantitative estimate of drug-likeness (QED) is 0.796. The van der Waals surface area contributed by atoms with E-state index in [9.17, 15) is 4.79 Å². The Morgan fingerprint density at radius 3 is 3.06 bits per heavy atom. The molecular formula is C13H18N2O2. The number of likely N-dealkylation sites (N-methyl/N-ethyl adjacent to an activating group) is 1. The van der Waals surface area contributed by atoms with Gasteiger partial charge in [0.25, 0.3) is 5.91 Å². The molecule has 1 aromatic rings. The number of ether oxygens (including phenoxy) is 1. The van der Waals surface area contributed by atoms with Crippen LogP contribution in [0.15, 0.2) is 18.2 Å². The Kier molecular flexibility index (Phi) is 3.64. The highest BCUT2D eigenvalue weighted by Crippen LogP contribution is 2.32. The minimum Gasteiger partial charge on any atom is -0.482 e. The van der Waals surface area contributed by atoms with Gasteiger partial charge in [-0.1, -0.05) is 6.07 Å². The van der Waals surface area contributed by atoms with E-state index < -0.39 is 0 Å². The van der Waals surface area contributed by atoms with Crippen molar-refractivity contribution < 1.29 is 9.53 Å². The van der Waals surface area contributed by atoms with Gasteiger partial charge in [0.1, 0.15) is 5.75 Å². The molecular weight excluding hydrogens is 216 g/mol. The minimum atomic E-state index is 0.00451. The van der Waals surface area contributed by atoms with Gasteiger partial charge in [0.2, 0.25) is 0 Å². The lowest BCUT2D eigenvalue weighted by Crippen LogP contribution is -2.35. The first kappa shape index (κ1) is 11.9. The van der Waals surface area contributed by atoms with Crippen LogP contribution in [-0.2, 0) is 11.2 Å². The molecule has 1 amide bonds. The van der Waals surface area contributed by atoms with E-state index in [1.54, 1.807) is 11.9 Å². The molecule has 0 aliphatic carbocycles. The predicted octanol–water partition coefficient (Wildman–Crippen LogP) is 1.19. The molecule has 1 N–H and O–H groups in total. The van der Waals surface area contributed by atoms with Crippen LogP contribution in [0.25, 0.3) is 0 Å². The van der Waals surface area contributed by atoms with Gasteiger partial charge >= 0.3 is 0 Å². The topological polar surface area (TPSA) is 41.6 Å². The fraction of sp³-hybridized carbons (Fsp3) is 0.462. The highest BCUT2D eigenvalue weighted by molar-refractivity contribution is 5.97. The Morgan fingerprint density at radius 1 is 1.47 bits per heavy atom. The number of fused-ring (bicyclic) bond motifs is 1. The third kappa shape index (κ3) is 2.58. The van der Waals surface area contributed by atoms with Crippen molar-refractivity contribution in [2.24, 2.45) is 0 Å². The van der Waals surface area contributed by atoms with Crippen molar-refractivity contribution in [1.29, 1.82) is 0 Å². The van der Waals surface area contributed by atoms with Crippen molar-refractivity contribution in [1.82, 2.24) is 5.32 Å². The number of carbonyl (C=O) groups is 1. The van der Waals surface area contributed by atoms with Crippen molar-refractivity contribution in [2.75, 3.05) is 32.1 Å². The summed E-state index contributed by atoms with van der Waals surface area (Å²) in [6.45, 7) is 1.14. The minimum absolute atomic E-state index is 0.00451. The number of rotatable bonds is 4. The number of nitrogens with zero attached hydrogens (tertiary/aromatic N) is 1. The van der Waals surface area contributed by atoms with Gasteiger partial charge in [0.15, 0.2) is 6.61 Å². The van der Waals surface area contributed by atoms with E-state index in [2.05, 4.69) is 11.4 Å². The van der Waals surface area contributed by atoms with Crippen LogP contribution in [0.1, 0.15) is 12.0 Å².